The molecule has 0 aliphatic carbocycles. The molecule has 0 aromatic carbocycles. The second-order valence-electron chi connectivity index (χ2n) is 3.23. The maximum atomic E-state index is 5.47. The van der Waals surface area contributed by atoms with Gasteiger partial charge in [-0.05, 0) is 20.8 Å². The van der Waals surface area contributed by atoms with Gasteiger partial charge in [-0.25, -0.2) is 0 Å². The zero-order chi connectivity index (χ0) is 10.6. The molecule has 0 aliphatic rings. The lowest BCUT2D eigenvalue weighted by Crippen LogP contribution is -2.08. The summed E-state index contributed by atoms with van der Waals surface area (Å²) in [6.45, 7) is 6.55. The summed E-state index contributed by atoms with van der Waals surface area (Å²) >= 11 is 0. The molecule has 3 N–H and O–H groups in total. The molecule has 1 aromatic rings. The van der Waals surface area contributed by atoms with Gasteiger partial charge in [0.25, 0.3) is 0 Å². The van der Waals surface area contributed by atoms with Crippen LogP contribution in [-0.4, -0.2) is 21.5 Å². The Kier molecular flexibility index (Phi) is 3.39. The van der Waals surface area contributed by atoms with Crippen molar-refractivity contribution < 1.29 is 0 Å². The molecule has 0 saturated carbocycles. The lowest BCUT2D eigenvalue weighted by atomic mass is 10.3. The van der Waals surface area contributed by atoms with E-state index in [1.165, 1.54) is 5.57 Å². The first-order chi connectivity index (χ1) is 6.58. The van der Waals surface area contributed by atoms with Crippen LogP contribution in [0.3, 0.4) is 0 Å². The second-order valence-corrected chi connectivity index (χ2v) is 3.23. The molecule has 0 fully saturated rings. The summed E-state index contributed by atoms with van der Waals surface area (Å²) < 4.78 is 0. The van der Waals surface area contributed by atoms with Crippen molar-refractivity contribution in [3.05, 3.63) is 17.5 Å². The summed E-state index contributed by atoms with van der Waals surface area (Å²) in [6.07, 6.45) is 2.05. The van der Waals surface area contributed by atoms with Gasteiger partial charge in [-0.3, -0.25) is 0 Å². The van der Waals surface area contributed by atoms with Crippen LogP contribution >= 0.6 is 0 Å². The number of anilines is 2. The molecule has 1 rings (SSSR count). The SMILES string of the molecule is CC(C)=CCNc1nc(C)nc(N)n1. The van der Waals surface area contributed by atoms with Gasteiger partial charge in [0.2, 0.25) is 11.9 Å². The Morgan fingerprint density at radius 3 is 2.64 bits per heavy atom. The molecule has 0 spiro atoms. The van der Waals surface area contributed by atoms with Crippen molar-refractivity contribution in [2.45, 2.75) is 20.8 Å². The molecular weight excluding hydrogens is 178 g/mol. The molecule has 0 unspecified atom stereocenters. The Morgan fingerprint density at radius 2 is 2.07 bits per heavy atom. The van der Waals surface area contributed by atoms with Crippen molar-refractivity contribution in [2.24, 2.45) is 0 Å². The summed E-state index contributed by atoms with van der Waals surface area (Å²) in [5.41, 5.74) is 6.72. The van der Waals surface area contributed by atoms with Gasteiger partial charge < -0.3 is 11.1 Å². The molecule has 5 nitrogen and oxygen atoms in total. The van der Waals surface area contributed by atoms with E-state index in [4.69, 9.17) is 5.73 Å². The van der Waals surface area contributed by atoms with Crippen molar-refractivity contribution in [1.82, 2.24) is 15.0 Å². The quantitative estimate of drug-likeness (QED) is 0.704. The van der Waals surface area contributed by atoms with E-state index in [1.54, 1.807) is 6.92 Å². The monoisotopic (exact) mass is 193 g/mol. The first kappa shape index (κ1) is 10.4. The number of allylic oxidation sites excluding steroid dienone is 1. The molecule has 1 heterocycles. The van der Waals surface area contributed by atoms with E-state index in [0.29, 0.717) is 18.3 Å². The number of hydrogen-bond acceptors (Lipinski definition) is 5. The fourth-order valence-electron chi connectivity index (χ4n) is 0.928. The van der Waals surface area contributed by atoms with Crippen LogP contribution in [0.5, 0.6) is 0 Å². The van der Waals surface area contributed by atoms with E-state index in [1.807, 2.05) is 13.8 Å². The summed E-state index contributed by atoms with van der Waals surface area (Å²) in [7, 11) is 0. The van der Waals surface area contributed by atoms with Crippen LogP contribution in [0.25, 0.3) is 0 Å². The Labute approximate surface area is 83.5 Å². The third-order valence-electron chi connectivity index (χ3n) is 1.53. The molecule has 14 heavy (non-hydrogen) atoms. The van der Waals surface area contributed by atoms with Crippen LogP contribution in [0.15, 0.2) is 11.6 Å². The highest BCUT2D eigenvalue weighted by atomic mass is 15.2. The summed E-state index contributed by atoms with van der Waals surface area (Å²) in [6, 6.07) is 0. The Balaban J connectivity index is 2.63. The van der Waals surface area contributed by atoms with E-state index in [-0.39, 0.29) is 5.95 Å². The zero-order valence-corrected chi connectivity index (χ0v) is 8.70. The first-order valence-corrected chi connectivity index (χ1v) is 4.43. The minimum absolute atomic E-state index is 0.247. The maximum Gasteiger partial charge on any atom is 0.227 e. The van der Waals surface area contributed by atoms with Crippen LogP contribution in [0.4, 0.5) is 11.9 Å². The van der Waals surface area contributed by atoms with Crippen molar-refractivity contribution >= 4 is 11.9 Å². The third kappa shape index (κ3) is 3.38. The van der Waals surface area contributed by atoms with Gasteiger partial charge in [-0.1, -0.05) is 11.6 Å². The molecule has 0 bridgehead atoms. The Hall–Kier alpha value is -1.65. The number of rotatable bonds is 3. The highest BCUT2D eigenvalue weighted by Gasteiger charge is 1.98. The normalized spacial score (nSPS) is 9.64. The standard InChI is InChI=1S/C9H15N5/c1-6(2)4-5-11-9-13-7(3)12-8(10)14-9/h4H,5H2,1-3H3,(H3,10,11,12,13,14). The predicted molar refractivity (Wildman–Crippen MR) is 56.9 cm³/mol. The van der Waals surface area contributed by atoms with Crippen LogP contribution in [-0.2, 0) is 0 Å². The lowest BCUT2D eigenvalue weighted by Gasteiger charge is -2.02. The summed E-state index contributed by atoms with van der Waals surface area (Å²) in [5, 5.41) is 3.04. The van der Waals surface area contributed by atoms with Crippen LogP contribution in [0, 0.1) is 6.92 Å². The Morgan fingerprint density at radius 1 is 1.36 bits per heavy atom. The molecule has 0 radical (unpaired) electrons. The summed E-state index contributed by atoms with van der Waals surface area (Å²) in [4.78, 5) is 11.9. The molecular formula is C9H15N5. The maximum absolute atomic E-state index is 5.47. The minimum Gasteiger partial charge on any atom is -0.368 e. The van der Waals surface area contributed by atoms with Gasteiger partial charge in [0, 0.05) is 6.54 Å². The van der Waals surface area contributed by atoms with Gasteiger partial charge in [-0.15, -0.1) is 0 Å². The van der Waals surface area contributed by atoms with Crippen molar-refractivity contribution in [3.63, 3.8) is 0 Å². The fraction of sp³-hybridized carbons (Fsp3) is 0.444. The topological polar surface area (TPSA) is 76.7 Å². The van der Waals surface area contributed by atoms with Crippen LogP contribution in [0.2, 0.25) is 0 Å². The number of nitrogens with one attached hydrogen (secondary N) is 1. The number of nitrogens with two attached hydrogens (primary N) is 1. The van der Waals surface area contributed by atoms with E-state index in [2.05, 4.69) is 26.3 Å². The van der Waals surface area contributed by atoms with Gasteiger partial charge >= 0.3 is 0 Å². The molecule has 0 amide bonds. The number of hydrogen-bond donors (Lipinski definition) is 2. The highest BCUT2D eigenvalue weighted by Crippen LogP contribution is 2.01. The van der Waals surface area contributed by atoms with Gasteiger partial charge in [-0.2, -0.15) is 15.0 Å². The van der Waals surface area contributed by atoms with Crippen molar-refractivity contribution in [3.8, 4) is 0 Å². The fourth-order valence-corrected chi connectivity index (χ4v) is 0.928. The first-order valence-electron chi connectivity index (χ1n) is 4.43. The number of aryl methyl sites for hydroxylation is 1. The third-order valence-corrected chi connectivity index (χ3v) is 1.53. The van der Waals surface area contributed by atoms with Gasteiger partial charge in [0.15, 0.2) is 0 Å². The Bertz CT molecular complexity index is 321. The van der Waals surface area contributed by atoms with Gasteiger partial charge in [0.1, 0.15) is 5.82 Å². The average Bonchev–Trinajstić information content (AvgIpc) is 2.01. The van der Waals surface area contributed by atoms with Gasteiger partial charge in [0.05, 0.1) is 0 Å². The smallest absolute Gasteiger partial charge is 0.227 e. The average molecular weight is 193 g/mol. The second kappa shape index (κ2) is 4.55. The van der Waals surface area contributed by atoms with Crippen LogP contribution < -0.4 is 11.1 Å². The lowest BCUT2D eigenvalue weighted by molar-refractivity contribution is 0.981. The molecule has 0 aliphatic heterocycles. The van der Waals surface area contributed by atoms with E-state index in [0.717, 1.165) is 0 Å². The van der Waals surface area contributed by atoms with Crippen LogP contribution in [0.1, 0.15) is 19.7 Å². The van der Waals surface area contributed by atoms with E-state index < -0.39 is 0 Å². The zero-order valence-electron chi connectivity index (χ0n) is 8.70. The van der Waals surface area contributed by atoms with Crippen molar-refractivity contribution in [1.29, 1.82) is 0 Å². The molecule has 0 saturated heterocycles. The highest BCUT2D eigenvalue weighted by molar-refractivity contribution is 5.31. The molecule has 0 atom stereocenters. The summed E-state index contributed by atoms with van der Waals surface area (Å²) in [5.74, 6) is 1.39. The molecule has 76 valence electrons. The number of nitrogen functional groups attached to an aromatic ring is 1. The number of aromatic nitrogens is 3. The predicted octanol–water partition coefficient (Wildman–Crippen LogP) is 1.14. The minimum atomic E-state index is 0.247. The molecule has 1 aromatic heterocycles. The largest absolute Gasteiger partial charge is 0.368 e. The number of nitrogens with zero attached hydrogens (tertiary/aromatic N) is 3. The van der Waals surface area contributed by atoms with E-state index in [9.17, 15) is 0 Å². The molecule has 5 heteroatoms. The van der Waals surface area contributed by atoms with Crippen molar-refractivity contribution in [2.75, 3.05) is 17.6 Å². The van der Waals surface area contributed by atoms with E-state index >= 15 is 0 Å².